The number of benzene rings is 1. The molecule has 1 unspecified atom stereocenters. The molecule has 2 heterocycles. The first-order valence-electron chi connectivity index (χ1n) is 7.32. The number of likely N-dealkylation sites (tertiary alicyclic amines) is 1. The van der Waals surface area contributed by atoms with Crippen LogP contribution in [0.15, 0.2) is 41.3 Å². The van der Waals surface area contributed by atoms with E-state index in [1.807, 2.05) is 12.1 Å². The number of hydrogen-bond acceptors (Lipinski definition) is 5. The van der Waals surface area contributed by atoms with Crippen LogP contribution in [-0.4, -0.2) is 41.1 Å². The van der Waals surface area contributed by atoms with Crippen LogP contribution in [0, 0.1) is 0 Å². The van der Waals surface area contributed by atoms with Crippen LogP contribution in [0.3, 0.4) is 0 Å². The van der Waals surface area contributed by atoms with Gasteiger partial charge < -0.3 is 10.1 Å². The molecule has 1 aromatic carbocycles. The van der Waals surface area contributed by atoms with Gasteiger partial charge in [-0.25, -0.2) is 9.97 Å². The molecule has 0 aliphatic carbocycles. The molecule has 1 aliphatic rings. The van der Waals surface area contributed by atoms with Gasteiger partial charge in [-0.3, -0.25) is 4.90 Å². The summed E-state index contributed by atoms with van der Waals surface area (Å²) in [4.78, 5) is 10.6. The van der Waals surface area contributed by atoms with Gasteiger partial charge in [-0.05, 0) is 46.1 Å². The summed E-state index contributed by atoms with van der Waals surface area (Å²) in [5, 5.41) is 3.46. The average Bonchev–Trinajstić information content (AvgIpc) is 2.95. The molecular formula is C16H19BrN4O. The van der Waals surface area contributed by atoms with Crippen LogP contribution in [0.25, 0.3) is 0 Å². The largest absolute Gasteiger partial charge is 0.496 e. The van der Waals surface area contributed by atoms with Crippen molar-refractivity contribution < 1.29 is 4.74 Å². The van der Waals surface area contributed by atoms with Crippen molar-refractivity contribution in [2.24, 2.45) is 0 Å². The molecule has 22 heavy (non-hydrogen) atoms. The van der Waals surface area contributed by atoms with E-state index in [2.05, 4.69) is 48.2 Å². The van der Waals surface area contributed by atoms with Crippen molar-refractivity contribution in [3.05, 3.63) is 46.8 Å². The van der Waals surface area contributed by atoms with Crippen LogP contribution < -0.4 is 10.1 Å². The summed E-state index contributed by atoms with van der Waals surface area (Å²) in [6.45, 7) is 3.06. The second kappa shape index (κ2) is 7.07. The van der Waals surface area contributed by atoms with Gasteiger partial charge in [0, 0.05) is 31.9 Å². The second-order valence-corrected chi connectivity index (χ2v) is 6.28. The topological polar surface area (TPSA) is 50.3 Å². The molecule has 116 valence electrons. The lowest BCUT2D eigenvalue weighted by atomic mass is 10.2. The maximum absolute atomic E-state index is 5.27. The van der Waals surface area contributed by atoms with Crippen molar-refractivity contribution in [2.45, 2.75) is 19.0 Å². The molecule has 1 fully saturated rings. The average molecular weight is 363 g/mol. The Kier molecular flexibility index (Phi) is 4.90. The van der Waals surface area contributed by atoms with Crippen molar-refractivity contribution >= 4 is 21.7 Å². The number of ether oxygens (including phenoxy) is 1. The Hall–Kier alpha value is -1.66. The lowest BCUT2D eigenvalue weighted by molar-refractivity contribution is 0.328. The van der Waals surface area contributed by atoms with Crippen LogP contribution >= 0.6 is 15.9 Å². The number of nitrogens with one attached hydrogen (secondary N) is 1. The monoisotopic (exact) mass is 362 g/mol. The predicted molar refractivity (Wildman–Crippen MR) is 90.0 cm³/mol. The second-order valence-electron chi connectivity index (χ2n) is 5.43. The van der Waals surface area contributed by atoms with Gasteiger partial charge >= 0.3 is 0 Å². The summed E-state index contributed by atoms with van der Waals surface area (Å²) >= 11 is 3.54. The number of aromatic nitrogens is 2. The fourth-order valence-corrected chi connectivity index (χ4v) is 3.33. The Morgan fingerprint density at radius 3 is 3.05 bits per heavy atom. The van der Waals surface area contributed by atoms with Crippen molar-refractivity contribution in [1.29, 1.82) is 0 Å². The highest BCUT2D eigenvalue weighted by molar-refractivity contribution is 9.10. The molecule has 1 saturated heterocycles. The fraction of sp³-hybridized carbons (Fsp3) is 0.375. The van der Waals surface area contributed by atoms with E-state index in [1.165, 1.54) is 5.56 Å². The standard InChI is InChI=1S/C16H19BrN4O/c1-22-15-3-2-12(8-14(15)17)9-21-7-5-13(10-21)20-16-4-6-18-11-19-16/h2-4,6,8,11,13H,5,7,9-10H2,1H3,(H,18,19,20). The summed E-state index contributed by atoms with van der Waals surface area (Å²) in [6.07, 6.45) is 4.46. The zero-order chi connectivity index (χ0) is 15.4. The van der Waals surface area contributed by atoms with E-state index < -0.39 is 0 Å². The van der Waals surface area contributed by atoms with Crippen LogP contribution in [0.4, 0.5) is 5.82 Å². The quantitative estimate of drug-likeness (QED) is 0.885. The van der Waals surface area contributed by atoms with Crippen LogP contribution in [0.2, 0.25) is 0 Å². The van der Waals surface area contributed by atoms with Gasteiger partial charge in [0.1, 0.15) is 17.9 Å². The summed E-state index contributed by atoms with van der Waals surface area (Å²) in [6, 6.07) is 8.60. The Morgan fingerprint density at radius 1 is 1.41 bits per heavy atom. The minimum atomic E-state index is 0.441. The van der Waals surface area contributed by atoms with Crippen LogP contribution in [-0.2, 0) is 6.54 Å². The maximum Gasteiger partial charge on any atom is 0.133 e. The van der Waals surface area contributed by atoms with Gasteiger partial charge in [-0.15, -0.1) is 0 Å². The third-order valence-electron chi connectivity index (χ3n) is 3.83. The van der Waals surface area contributed by atoms with Crippen LogP contribution in [0.5, 0.6) is 5.75 Å². The summed E-state index contributed by atoms with van der Waals surface area (Å²) in [5.41, 5.74) is 1.29. The highest BCUT2D eigenvalue weighted by atomic mass is 79.9. The molecule has 2 aromatic rings. The number of anilines is 1. The Morgan fingerprint density at radius 2 is 2.32 bits per heavy atom. The maximum atomic E-state index is 5.27. The predicted octanol–water partition coefficient (Wildman–Crippen LogP) is 2.93. The molecule has 0 radical (unpaired) electrons. The van der Waals surface area contributed by atoms with E-state index >= 15 is 0 Å². The van der Waals surface area contributed by atoms with Gasteiger partial charge in [0.05, 0.1) is 11.6 Å². The Balaban J connectivity index is 1.56. The molecular weight excluding hydrogens is 344 g/mol. The minimum Gasteiger partial charge on any atom is -0.496 e. The molecule has 3 rings (SSSR count). The molecule has 6 heteroatoms. The van der Waals surface area contributed by atoms with E-state index in [4.69, 9.17) is 4.74 Å². The molecule has 1 atom stereocenters. The molecule has 0 spiro atoms. The van der Waals surface area contributed by atoms with Gasteiger partial charge in [0.2, 0.25) is 0 Å². The molecule has 0 amide bonds. The third kappa shape index (κ3) is 3.75. The number of halogens is 1. The first-order chi connectivity index (χ1) is 10.7. The molecule has 0 saturated carbocycles. The van der Waals surface area contributed by atoms with E-state index in [1.54, 1.807) is 19.6 Å². The van der Waals surface area contributed by atoms with Crippen molar-refractivity contribution in [3.63, 3.8) is 0 Å². The van der Waals surface area contributed by atoms with Crippen molar-refractivity contribution in [1.82, 2.24) is 14.9 Å². The molecule has 1 aromatic heterocycles. The number of methoxy groups -OCH3 is 1. The van der Waals surface area contributed by atoms with Gasteiger partial charge in [-0.1, -0.05) is 6.07 Å². The van der Waals surface area contributed by atoms with Crippen LogP contribution in [0.1, 0.15) is 12.0 Å². The van der Waals surface area contributed by atoms with E-state index in [9.17, 15) is 0 Å². The normalized spacial score (nSPS) is 18.4. The highest BCUT2D eigenvalue weighted by Gasteiger charge is 2.22. The number of rotatable bonds is 5. The highest BCUT2D eigenvalue weighted by Crippen LogP contribution is 2.26. The van der Waals surface area contributed by atoms with Crippen molar-refractivity contribution in [2.75, 3.05) is 25.5 Å². The zero-order valence-electron chi connectivity index (χ0n) is 12.5. The lowest BCUT2D eigenvalue weighted by Gasteiger charge is -2.17. The first kappa shape index (κ1) is 15.2. The number of hydrogen-bond donors (Lipinski definition) is 1. The Bertz CT molecular complexity index is 623. The first-order valence-corrected chi connectivity index (χ1v) is 8.11. The summed E-state index contributed by atoms with van der Waals surface area (Å²) < 4.78 is 6.27. The van der Waals surface area contributed by atoms with Gasteiger partial charge in [-0.2, -0.15) is 0 Å². The molecule has 0 bridgehead atoms. The van der Waals surface area contributed by atoms with Gasteiger partial charge in [0.15, 0.2) is 0 Å². The SMILES string of the molecule is COc1ccc(CN2CCC(Nc3ccncn3)C2)cc1Br. The lowest BCUT2D eigenvalue weighted by Crippen LogP contribution is -2.26. The fourth-order valence-electron chi connectivity index (χ4n) is 2.75. The third-order valence-corrected chi connectivity index (χ3v) is 4.45. The minimum absolute atomic E-state index is 0.441. The molecule has 1 N–H and O–H groups in total. The summed E-state index contributed by atoms with van der Waals surface area (Å²) in [5.74, 6) is 1.77. The smallest absolute Gasteiger partial charge is 0.133 e. The Labute approximate surface area is 138 Å². The van der Waals surface area contributed by atoms with E-state index in [0.29, 0.717) is 6.04 Å². The van der Waals surface area contributed by atoms with E-state index in [0.717, 1.165) is 42.1 Å². The van der Waals surface area contributed by atoms with Gasteiger partial charge in [0.25, 0.3) is 0 Å². The molecule has 5 nitrogen and oxygen atoms in total. The van der Waals surface area contributed by atoms with E-state index in [-0.39, 0.29) is 0 Å². The summed E-state index contributed by atoms with van der Waals surface area (Å²) in [7, 11) is 1.68. The molecule has 1 aliphatic heterocycles. The zero-order valence-corrected chi connectivity index (χ0v) is 14.1. The number of nitrogens with zero attached hydrogens (tertiary/aromatic N) is 3. The van der Waals surface area contributed by atoms with Crippen molar-refractivity contribution in [3.8, 4) is 5.75 Å².